The standard InChI is InChI=1S/C12H19N3O4S/c1-4-9(3)14(5-2)20(18,19)10-6-7-12(15(16)17)11(13)8-10/h6-9H,4-5,13H2,1-3H3. The summed E-state index contributed by atoms with van der Waals surface area (Å²) >= 11 is 0. The van der Waals surface area contributed by atoms with Gasteiger partial charge >= 0.3 is 0 Å². The van der Waals surface area contributed by atoms with E-state index >= 15 is 0 Å². The second kappa shape index (κ2) is 6.19. The smallest absolute Gasteiger partial charge is 0.292 e. The van der Waals surface area contributed by atoms with E-state index in [0.29, 0.717) is 13.0 Å². The topological polar surface area (TPSA) is 107 Å². The Kier molecular flexibility index (Phi) is 5.07. The van der Waals surface area contributed by atoms with Crippen LogP contribution >= 0.6 is 0 Å². The van der Waals surface area contributed by atoms with Crippen molar-refractivity contribution in [1.29, 1.82) is 0 Å². The second-order valence-corrected chi connectivity index (χ2v) is 6.33. The number of rotatable bonds is 6. The number of nitrogens with two attached hydrogens (primary N) is 1. The zero-order valence-corrected chi connectivity index (χ0v) is 12.6. The zero-order chi connectivity index (χ0) is 15.5. The Hall–Kier alpha value is -1.67. The van der Waals surface area contributed by atoms with Crippen molar-refractivity contribution in [3.05, 3.63) is 28.3 Å². The molecular formula is C12H19N3O4S. The summed E-state index contributed by atoms with van der Waals surface area (Å²) < 4.78 is 26.4. The molecule has 1 unspecified atom stereocenters. The normalized spacial score (nSPS) is 13.4. The van der Waals surface area contributed by atoms with E-state index in [1.165, 1.54) is 10.4 Å². The first-order valence-corrected chi connectivity index (χ1v) is 7.75. The molecule has 20 heavy (non-hydrogen) atoms. The van der Waals surface area contributed by atoms with Crippen molar-refractivity contribution in [3.63, 3.8) is 0 Å². The second-order valence-electron chi connectivity index (χ2n) is 4.44. The lowest BCUT2D eigenvalue weighted by Crippen LogP contribution is -2.38. The number of hydrogen-bond donors (Lipinski definition) is 1. The number of benzene rings is 1. The molecule has 0 aliphatic heterocycles. The van der Waals surface area contributed by atoms with Crippen LogP contribution in [0.3, 0.4) is 0 Å². The number of nitro benzene ring substituents is 1. The molecule has 0 heterocycles. The number of nitro groups is 1. The van der Waals surface area contributed by atoms with Crippen molar-refractivity contribution in [3.8, 4) is 0 Å². The molecule has 8 heteroatoms. The Bertz CT molecular complexity index is 601. The van der Waals surface area contributed by atoms with Crippen LogP contribution in [0.2, 0.25) is 0 Å². The lowest BCUT2D eigenvalue weighted by atomic mass is 10.3. The monoisotopic (exact) mass is 301 g/mol. The molecule has 0 fully saturated rings. The first-order chi connectivity index (χ1) is 9.25. The van der Waals surface area contributed by atoms with Crippen molar-refractivity contribution in [2.75, 3.05) is 12.3 Å². The van der Waals surface area contributed by atoms with Gasteiger partial charge in [-0.3, -0.25) is 10.1 Å². The SMILES string of the molecule is CCC(C)N(CC)S(=O)(=O)c1ccc([N+](=O)[O-])c(N)c1. The van der Waals surface area contributed by atoms with Gasteiger partial charge in [0.25, 0.3) is 5.69 Å². The fourth-order valence-corrected chi connectivity index (χ4v) is 3.67. The first kappa shape index (κ1) is 16.4. The summed E-state index contributed by atoms with van der Waals surface area (Å²) in [4.78, 5) is 10.0. The Balaban J connectivity index is 3.29. The van der Waals surface area contributed by atoms with Crippen LogP contribution in [-0.4, -0.2) is 30.2 Å². The predicted molar refractivity (Wildman–Crippen MR) is 76.8 cm³/mol. The molecule has 1 atom stereocenters. The molecule has 0 aliphatic carbocycles. The number of nitrogens with zero attached hydrogens (tertiary/aromatic N) is 2. The average Bonchev–Trinajstić information content (AvgIpc) is 2.38. The van der Waals surface area contributed by atoms with Gasteiger partial charge in [-0.2, -0.15) is 4.31 Å². The molecule has 7 nitrogen and oxygen atoms in total. The summed E-state index contributed by atoms with van der Waals surface area (Å²) in [5.41, 5.74) is 5.09. The maximum absolute atomic E-state index is 12.5. The van der Waals surface area contributed by atoms with Crippen molar-refractivity contribution in [2.45, 2.75) is 38.1 Å². The molecule has 0 bridgehead atoms. The summed E-state index contributed by atoms with van der Waals surface area (Å²) in [5, 5.41) is 10.7. The van der Waals surface area contributed by atoms with Crippen LogP contribution in [0.5, 0.6) is 0 Å². The van der Waals surface area contributed by atoms with Crippen LogP contribution in [0.1, 0.15) is 27.2 Å². The van der Waals surface area contributed by atoms with Crippen LogP contribution in [0.4, 0.5) is 11.4 Å². The van der Waals surface area contributed by atoms with E-state index in [2.05, 4.69) is 0 Å². The summed E-state index contributed by atoms with van der Waals surface area (Å²) in [6, 6.07) is 3.32. The van der Waals surface area contributed by atoms with E-state index in [1.807, 2.05) is 13.8 Å². The molecule has 0 spiro atoms. The summed E-state index contributed by atoms with van der Waals surface area (Å²) in [5.74, 6) is 0. The van der Waals surface area contributed by atoms with Gasteiger partial charge in [0, 0.05) is 18.7 Å². The molecule has 1 aromatic rings. The largest absolute Gasteiger partial charge is 0.393 e. The highest BCUT2D eigenvalue weighted by atomic mass is 32.2. The molecule has 0 amide bonds. The molecule has 2 N–H and O–H groups in total. The van der Waals surface area contributed by atoms with Crippen LogP contribution in [0.25, 0.3) is 0 Å². The van der Waals surface area contributed by atoms with Gasteiger partial charge in [-0.05, 0) is 25.5 Å². The van der Waals surface area contributed by atoms with Crippen molar-refractivity contribution in [2.24, 2.45) is 0 Å². The van der Waals surface area contributed by atoms with Gasteiger partial charge in [-0.25, -0.2) is 8.42 Å². The molecule has 0 aliphatic rings. The van der Waals surface area contributed by atoms with Gasteiger partial charge in [0.1, 0.15) is 5.69 Å². The Labute approximate surface area is 118 Å². The first-order valence-electron chi connectivity index (χ1n) is 6.31. The highest BCUT2D eigenvalue weighted by molar-refractivity contribution is 7.89. The zero-order valence-electron chi connectivity index (χ0n) is 11.7. The van der Waals surface area contributed by atoms with Crippen LogP contribution in [0, 0.1) is 10.1 Å². The predicted octanol–water partition coefficient (Wildman–Crippen LogP) is 1.99. The summed E-state index contributed by atoms with van der Waals surface area (Å²) in [7, 11) is -3.70. The van der Waals surface area contributed by atoms with Crippen LogP contribution in [0.15, 0.2) is 23.1 Å². The third-order valence-electron chi connectivity index (χ3n) is 3.20. The molecule has 1 aromatic carbocycles. The summed E-state index contributed by atoms with van der Waals surface area (Å²) in [6.07, 6.45) is 0.676. The quantitative estimate of drug-likeness (QED) is 0.491. The molecule has 0 saturated carbocycles. The van der Waals surface area contributed by atoms with E-state index < -0.39 is 14.9 Å². The Morgan fingerprint density at radius 3 is 2.40 bits per heavy atom. The minimum absolute atomic E-state index is 0.0252. The number of nitrogen functional groups attached to an aromatic ring is 1. The third-order valence-corrected chi connectivity index (χ3v) is 5.28. The Morgan fingerprint density at radius 1 is 1.40 bits per heavy atom. The molecule has 0 aromatic heterocycles. The summed E-state index contributed by atoms with van der Waals surface area (Å²) in [6.45, 7) is 5.79. The van der Waals surface area contributed by atoms with Crippen molar-refractivity contribution >= 4 is 21.4 Å². The van der Waals surface area contributed by atoms with Gasteiger partial charge in [0.15, 0.2) is 0 Å². The lowest BCUT2D eigenvalue weighted by Gasteiger charge is -2.26. The molecule has 0 saturated heterocycles. The van der Waals surface area contributed by atoms with Gasteiger partial charge in [0.2, 0.25) is 10.0 Å². The fraction of sp³-hybridized carbons (Fsp3) is 0.500. The lowest BCUT2D eigenvalue weighted by molar-refractivity contribution is -0.383. The average molecular weight is 301 g/mol. The number of hydrogen-bond acceptors (Lipinski definition) is 5. The van der Waals surface area contributed by atoms with Crippen LogP contribution < -0.4 is 5.73 Å². The number of sulfonamides is 1. The molecular weight excluding hydrogens is 282 g/mol. The minimum Gasteiger partial charge on any atom is -0.393 e. The van der Waals surface area contributed by atoms with Gasteiger partial charge in [-0.1, -0.05) is 13.8 Å². The number of anilines is 1. The van der Waals surface area contributed by atoms with Gasteiger partial charge < -0.3 is 5.73 Å². The van der Waals surface area contributed by atoms with Gasteiger partial charge in [-0.15, -0.1) is 0 Å². The maximum Gasteiger partial charge on any atom is 0.292 e. The van der Waals surface area contributed by atoms with E-state index in [9.17, 15) is 18.5 Å². The van der Waals surface area contributed by atoms with E-state index in [1.54, 1.807) is 6.92 Å². The molecule has 112 valence electrons. The molecule has 0 radical (unpaired) electrons. The fourth-order valence-electron chi connectivity index (χ4n) is 1.92. The Morgan fingerprint density at radius 2 is 2.00 bits per heavy atom. The van der Waals surface area contributed by atoms with Gasteiger partial charge in [0.05, 0.1) is 9.82 Å². The maximum atomic E-state index is 12.5. The highest BCUT2D eigenvalue weighted by Gasteiger charge is 2.28. The van der Waals surface area contributed by atoms with E-state index in [0.717, 1.165) is 12.1 Å². The van der Waals surface area contributed by atoms with Crippen LogP contribution in [-0.2, 0) is 10.0 Å². The van der Waals surface area contributed by atoms with E-state index in [-0.39, 0.29) is 22.3 Å². The highest BCUT2D eigenvalue weighted by Crippen LogP contribution is 2.27. The van der Waals surface area contributed by atoms with E-state index in [4.69, 9.17) is 5.73 Å². The van der Waals surface area contributed by atoms with Crippen molar-refractivity contribution in [1.82, 2.24) is 4.31 Å². The van der Waals surface area contributed by atoms with Crippen molar-refractivity contribution < 1.29 is 13.3 Å². The minimum atomic E-state index is -3.70. The molecule has 1 rings (SSSR count). The third kappa shape index (κ3) is 3.07.